The van der Waals surface area contributed by atoms with E-state index in [0.717, 1.165) is 35.2 Å². The van der Waals surface area contributed by atoms with Crippen LogP contribution in [0.15, 0.2) is 53.3 Å². The van der Waals surface area contributed by atoms with Crippen molar-refractivity contribution < 1.29 is 9.53 Å². The molecule has 6 nitrogen and oxygen atoms in total. The average molecular weight is 365 g/mol. The molecule has 0 radical (unpaired) electrons. The lowest BCUT2D eigenvalue weighted by Gasteiger charge is -2.32. The summed E-state index contributed by atoms with van der Waals surface area (Å²) in [4.78, 5) is 29.8. The van der Waals surface area contributed by atoms with Gasteiger partial charge in [0.05, 0.1) is 24.6 Å². The number of ether oxygens (including phenoxy) is 1. The molecule has 27 heavy (non-hydrogen) atoms. The van der Waals surface area contributed by atoms with E-state index < -0.39 is 0 Å². The Morgan fingerprint density at radius 2 is 1.93 bits per heavy atom. The molecule has 0 spiro atoms. The van der Waals surface area contributed by atoms with E-state index in [2.05, 4.69) is 4.98 Å². The van der Waals surface area contributed by atoms with Crippen molar-refractivity contribution in [3.8, 4) is 5.75 Å². The number of piperidine rings is 1. The van der Waals surface area contributed by atoms with Crippen LogP contribution >= 0.6 is 0 Å². The zero-order valence-electron chi connectivity index (χ0n) is 15.4. The third kappa shape index (κ3) is 3.47. The SMILES string of the molecule is COc1cccc(CC(=O)N2CCC(n3c(=O)[nH]c4ccccc43)CC2)c1. The quantitative estimate of drug-likeness (QED) is 0.773. The molecule has 140 valence electrons. The monoisotopic (exact) mass is 365 g/mol. The number of nitrogens with one attached hydrogen (secondary N) is 1. The third-order valence-corrected chi connectivity index (χ3v) is 5.30. The minimum atomic E-state index is -0.0719. The Kier molecular flexibility index (Phi) is 4.71. The standard InChI is InChI=1S/C21H23N3O3/c1-27-17-6-4-5-15(13-17)14-20(25)23-11-9-16(10-12-23)24-19-8-3-2-7-18(19)22-21(24)26/h2-8,13,16H,9-12,14H2,1H3,(H,22,26). The Labute approximate surface area is 157 Å². The zero-order valence-corrected chi connectivity index (χ0v) is 15.4. The van der Waals surface area contributed by atoms with E-state index in [1.54, 1.807) is 7.11 Å². The predicted octanol–water partition coefficient (Wildman–Crippen LogP) is 2.74. The smallest absolute Gasteiger partial charge is 0.326 e. The Bertz CT molecular complexity index is 1010. The number of hydrogen-bond acceptors (Lipinski definition) is 3. The summed E-state index contributed by atoms with van der Waals surface area (Å²) in [7, 11) is 1.62. The fourth-order valence-electron chi connectivity index (χ4n) is 3.88. The summed E-state index contributed by atoms with van der Waals surface area (Å²) in [5, 5.41) is 0. The van der Waals surface area contributed by atoms with Crippen LogP contribution in [0.3, 0.4) is 0 Å². The summed E-state index contributed by atoms with van der Waals surface area (Å²) in [5.74, 6) is 0.880. The number of rotatable bonds is 4. The number of amides is 1. The highest BCUT2D eigenvalue weighted by Gasteiger charge is 2.26. The Hall–Kier alpha value is -3.02. The van der Waals surface area contributed by atoms with E-state index in [0.29, 0.717) is 19.5 Å². The molecule has 0 unspecified atom stereocenters. The maximum absolute atomic E-state index is 12.7. The largest absolute Gasteiger partial charge is 0.497 e. The van der Waals surface area contributed by atoms with Gasteiger partial charge in [-0.15, -0.1) is 0 Å². The lowest BCUT2D eigenvalue weighted by atomic mass is 10.0. The highest BCUT2D eigenvalue weighted by Crippen LogP contribution is 2.25. The molecular formula is C21H23N3O3. The van der Waals surface area contributed by atoms with Crippen molar-refractivity contribution in [1.29, 1.82) is 0 Å². The normalized spacial score (nSPS) is 15.2. The minimum absolute atomic E-state index is 0.0719. The molecular weight excluding hydrogens is 342 g/mol. The van der Waals surface area contributed by atoms with E-state index in [4.69, 9.17) is 4.74 Å². The number of likely N-dealkylation sites (tertiary alicyclic amines) is 1. The van der Waals surface area contributed by atoms with Gasteiger partial charge >= 0.3 is 5.69 Å². The molecule has 1 fully saturated rings. The number of H-pyrrole nitrogens is 1. The van der Waals surface area contributed by atoms with Crippen molar-refractivity contribution >= 4 is 16.9 Å². The molecule has 1 aliphatic rings. The number of hydrogen-bond donors (Lipinski definition) is 1. The van der Waals surface area contributed by atoms with Gasteiger partial charge in [0.25, 0.3) is 0 Å². The van der Waals surface area contributed by atoms with Crippen LogP contribution in [-0.4, -0.2) is 40.6 Å². The van der Waals surface area contributed by atoms with Gasteiger partial charge in [-0.05, 0) is 42.7 Å². The van der Waals surface area contributed by atoms with Crippen LogP contribution in [-0.2, 0) is 11.2 Å². The van der Waals surface area contributed by atoms with Gasteiger partial charge in [0.1, 0.15) is 5.75 Å². The maximum atomic E-state index is 12.7. The second-order valence-corrected chi connectivity index (χ2v) is 6.96. The molecule has 0 atom stereocenters. The van der Waals surface area contributed by atoms with Gasteiger partial charge < -0.3 is 14.6 Å². The molecule has 1 aromatic heterocycles. The highest BCUT2D eigenvalue weighted by atomic mass is 16.5. The third-order valence-electron chi connectivity index (χ3n) is 5.30. The van der Waals surface area contributed by atoms with Crippen LogP contribution in [0.4, 0.5) is 0 Å². The topological polar surface area (TPSA) is 67.3 Å². The van der Waals surface area contributed by atoms with E-state index in [9.17, 15) is 9.59 Å². The first-order chi connectivity index (χ1) is 13.2. The van der Waals surface area contributed by atoms with E-state index in [1.165, 1.54) is 0 Å². The van der Waals surface area contributed by atoms with E-state index >= 15 is 0 Å². The fraction of sp³-hybridized carbons (Fsp3) is 0.333. The molecule has 2 aromatic carbocycles. The number of methoxy groups -OCH3 is 1. The van der Waals surface area contributed by atoms with Gasteiger partial charge in [-0.2, -0.15) is 0 Å². The molecule has 0 bridgehead atoms. The van der Waals surface area contributed by atoms with Gasteiger partial charge in [0.2, 0.25) is 5.91 Å². The number of benzene rings is 2. The van der Waals surface area contributed by atoms with Crippen molar-refractivity contribution in [1.82, 2.24) is 14.5 Å². The van der Waals surface area contributed by atoms with Gasteiger partial charge in [-0.1, -0.05) is 24.3 Å². The summed E-state index contributed by atoms with van der Waals surface area (Å²) in [6.07, 6.45) is 1.94. The Morgan fingerprint density at radius 3 is 2.70 bits per heavy atom. The molecule has 0 saturated carbocycles. The molecule has 2 heterocycles. The van der Waals surface area contributed by atoms with Crippen LogP contribution in [0.1, 0.15) is 24.4 Å². The summed E-state index contributed by atoms with van der Waals surface area (Å²) in [6, 6.07) is 15.5. The average Bonchev–Trinajstić information content (AvgIpc) is 3.04. The summed E-state index contributed by atoms with van der Waals surface area (Å²) >= 11 is 0. The van der Waals surface area contributed by atoms with Crippen LogP contribution in [0.5, 0.6) is 5.75 Å². The number of carbonyl (C=O) groups is 1. The Balaban J connectivity index is 1.43. The lowest BCUT2D eigenvalue weighted by molar-refractivity contribution is -0.131. The Morgan fingerprint density at radius 1 is 1.15 bits per heavy atom. The minimum Gasteiger partial charge on any atom is -0.497 e. The molecule has 6 heteroatoms. The number of carbonyl (C=O) groups excluding carboxylic acids is 1. The lowest BCUT2D eigenvalue weighted by Crippen LogP contribution is -2.41. The number of fused-ring (bicyclic) bond motifs is 1. The highest BCUT2D eigenvalue weighted by molar-refractivity contribution is 5.79. The summed E-state index contributed by atoms with van der Waals surface area (Å²) in [5.41, 5.74) is 2.68. The van der Waals surface area contributed by atoms with Crippen molar-refractivity contribution in [3.63, 3.8) is 0 Å². The molecule has 1 saturated heterocycles. The maximum Gasteiger partial charge on any atom is 0.326 e. The number of para-hydroxylation sites is 2. The van der Waals surface area contributed by atoms with Crippen LogP contribution in [0.2, 0.25) is 0 Å². The van der Waals surface area contributed by atoms with Crippen LogP contribution < -0.4 is 10.4 Å². The number of aromatic nitrogens is 2. The van der Waals surface area contributed by atoms with Crippen LogP contribution in [0.25, 0.3) is 11.0 Å². The first-order valence-corrected chi connectivity index (χ1v) is 9.25. The second-order valence-electron chi connectivity index (χ2n) is 6.96. The van der Waals surface area contributed by atoms with Crippen LogP contribution in [0, 0.1) is 0 Å². The second kappa shape index (κ2) is 7.31. The fourth-order valence-corrected chi connectivity index (χ4v) is 3.88. The zero-order chi connectivity index (χ0) is 18.8. The summed E-state index contributed by atoms with van der Waals surface area (Å²) in [6.45, 7) is 1.33. The molecule has 1 amide bonds. The van der Waals surface area contributed by atoms with Crippen molar-refractivity contribution in [2.75, 3.05) is 20.2 Å². The van der Waals surface area contributed by atoms with Crippen molar-refractivity contribution in [2.45, 2.75) is 25.3 Å². The van der Waals surface area contributed by atoms with E-state index in [-0.39, 0.29) is 17.6 Å². The van der Waals surface area contributed by atoms with Gasteiger partial charge in [-0.3, -0.25) is 9.36 Å². The number of imidazole rings is 1. The molecule has 3 aromatic rings. The van der Waals surface area contributed by atoms with Gasteiger partial charge in [0, 0.05) is 19.1 Å². The molecule has 1 aliphatic heterocycles. The van der Waals surface area contributed by atoms with Gasteiger partial charge in [0.15, 0.2) is 0 Å². The van der Waals surface area contributed by atoms with Gasteiger partial charge in [-0.25, -0.2) is 4.79 Å². The first kappa shape index (κ1) is 17.4. The van der Waals surface area contributed by atoms with Crippen molar-refractivity contribution in [2.24, 2.45) is 0 Å². The molecule has 0 aliphatic carbocycles. The summed E-state index contributed by atoms with van der Waals surface area (Å²) < 4.78 is 7.07. The molecule has 4 rings (SSSR count). The van der Waals surface area contributed by atoms with Crippen molar-refractivity contribution in [3.05, 3.63) is 64.6 Å². The first-order valence-electron chi connectivity index (χ1n) is 9.25. The van der Waals surface area contributed by atoms with E-state index in [1.807, 2.05) is 58.0 Å². The molecule has 1 N–H and O–H groups in total. The number of aromatic amines is 1. The predicted molar refractivity (Wildman–Crippen MR) is 104 cm³/mol. The number of nitrogens with zero attached hydrogens (tertiary/aromatic N) is 2.